The van der Waals surface area contributed by atoms with Gasteiger partial charge in [-0.2, -0.15) is 0 Å². The van der Waals surface area contributed by atoms with Gasteiger partial charge in [-0.05, 0) is 12.5 Å². The van der Waals surface area contributed by atoms with Crippen molar-refractivity contribution in [2.75, 3.05) is 26.3 Å². The summed E-state index contributed by atoms with van der Waals surface area (Å²) < 4.78 is 5.18. The van der Waals surface area contributed by atoms with E-state index in [1.54, 1.807) is 0 Å². The Morgan fingerprint density at radius 2 is 2.06 bits per heavy atom. The highest BCUT2D eigenvalue weighted by Gasteiger charge is 2.13. The van der Waals surface area contributed by atoms with Crippen molar-refractivity contribution in [2.45, 2.75) is 12.8 Å². The van der Waals surface area contributed by atoms with Gasteiger partial charge in [0.2, 0.25) is 5.91 Å². The molecule has 0 aliphatic carbocycles. The van der Waals surface area contributed by atoms with E-state index >= 15 is 0 Å². The summed E-state index contributed by atoms with van der Waals surface area (Å²) in [7, 11) is 0. The third-order valence-corrected chi connectivity index (χ3v) is 2.50. The van der Waals surface area contributed by atoms with Crippen molar-refractivity contribution in [1.29, 1.82) is 0 Å². The number of hydrogen-bond donors (Lipinski definition) is 2. The predicted octanol–water partition coefficient (Wildman–Crippen LogP) is 0.882. The minimum Gasteiger partial charge on any atom is -0.378 e. The van der Waals surface area contributed by atoms with Crippen LogP contribution in [0.15, 0.2) is 30.3 Å². The van der Waals surface area contributed by atoms with Gasteiger partial charge in [-0.25, -0.2) is 0 Å². The molecule has 17 heavy (non-hydrogen) atoms. The fourth-order valence-corrected chi connectivity index (χ4v) is 1.48. The molecule has 3 N–H and O–H groups in total. The zero-order chi connectivity index (χ0) is 12.5. The van der Waals surface area contributed by atoms with E-state index in [2.05, 4.69) is 5.32 Å². The van der Waals surface area contributed by atoms with Crippen molar-refractivity contribution in [3.8, 4) is 0 Å². The highest BCUT2D eigenvalue weighted by atomic mass is 16.5. The summed E-state index contributed by atoms with van der Waals surface area (Å²) in [5, 5.41) is 2.84. The third kappa shape index (κ3) is 4.97. The number of ether oxygens (including phenoxy) is 1. The standard InChI is InChI=1S/C13H20N2O2/c1-11(12-5-3-2-4-6-12)13(16)15-8-10-17-9-7-14/h2-6,11H,7-10,14H2,1H3,(H,15,16). The molecule has 4 heteroatoms. The van der Waals surface area contributed by atoms with Crippen LogP contribution < -0.4 is 11.1 Å². The Morgan fingerprint density at radius 1 is 1.35 bits per heavy atom. The van der Waals surface area contributed by atoms with E-state index in [0.29, 0.717) is 26.3 Å². The maximum absolute atomic E-state index is 11.8. The van der Waals surface area contributed by atoms with Crippen LogP contribution in [0.1, 0.15) is 18.4 Å². The zero-order valence-electron chi connectivity index (χ0n) is 10.2. The number of benzene rings is 1. The largest absolute Gasteiger partial charge is 0.378 e. The number of rotatable bonds is 7. The monoisotopic (exact) mass is 236 g/mol. The molecule has 0 aromatic heterocycles. The topological polar surface area (TPSA) is 64.3 Å². The molecule has 0 radical (unpaired) electrons. The van der Waals surface area contributed by atoms with Gasteiger partial charge in [-0.1, -0.05) is 30.3 Å². The number of carbonyl (C=O) groups is 1. The summed E-state index contributed by atoms with van der Waals surface area (Å²) >= 11 is 0. The number of nitrogens with one attached hydrogen (secondary N) is 1. The number of nitrogens with two attached hydrogens (primary N) is 1. The summed E-state index contributed by atoms with van der Waals surface area (Å²) in [6.07, 6.45) is 0. The number of carbonyl (C=O) groups excluding carboxylic acids is 1. The molecule has 0 saturated carbocycles. The van der Waals surface area contributed by atoms with Gasteiger partial charge in [0.25, 0.3) is 0 Å². The van der Waals surface area contributed by atoms with Crippen molar-refractivity contribution in [1.82, 2.24) is 5.32 Å². The van der Waals surface area contributed by atoms with Crippen molar-refractivity contribution in [2.24, 2.45) is 5.73 Å². The Balaban J connectivity index is 2.28. The minimum absolute atomic E-state index is 0.0209. The predicted molar refractivity (Wildman–Crippen MR) is 67.7 cm³/mol. The van der Waals surface area contributed by atoms with Gasteiger partial charge in [0, 0.05) is 13.1 Å². The lowest BCUT2D eigenvalue weighted by molar-refractivity contribution is -0.122. The second-order valence-corrected chi connectivity index (χ2v) is 3.82. The Kier molecular flexibility index (Phi) is 6.29. The van der Waals surface area contributed by atoms with Crippen molar-refractivity contribution in [3.05, 3.63) is 35.9 Å². The van der Waals surface area contributed by atoms with E-state index in [-0.39, 0.29) is 11.8 Å². The molecule has 1 unspecified atom stereocenters. The Hall–Kier alpha value is -1.39. The van der Waals surface area contributed by atoms with Gasteiger partial charge in [-0.3, -0.25) is 4.79 Å². The molecule has 1 atom stereocenters. The van der Waals surface area contributed by atoms with Gasteiger partial charge in [0.05, 0.1) is 19.1 Å². The first-order valence-electron chi connectivity index (χ1n) is 5.86. The fourth-order valence-electron chi connectivity index (χ4n) is 1.48. The average Bonchev–Trinajstić information content (AvgIpc) is 2.38. The zero-order valence-corrected chi connectivity index (χ0v) is 10.2. The van der Waals surface area contributed by atoms with Crippen LogP contribution in [0.4, 0.5) is 0 Å². The van der Waals surface area contributed by atoms with Crippen molar-refractivity contribution >= 4 is 5.91 Å². The maximum atomic E-state index is 11.8. The molecule has 1 aromatic rings. The molecule has 0 saturated heterocycles. The Bertz CT molecular complexity index is 327. The third-order valence-electron chi connectivity index (χ3n) is 2.50. The Morgan fingerprint density at radius 3 is 2.71 bits per heavy atom. The molecular weight excluding hydrogens is 216 g/mol. The Labute approximate surface area is 102 Å². The molecule has 1 amide bonds. The fraction of sp³-hybridized carbons (Fsp3) is 0.462. The molecule has 4 nitrogen and oxygen atoms in total. The van der Waals surface area contributed by atoms with Crippen LogP contribution in [0.5, 0.6) is 0 Å². The van der Waals surface area contributed by atoms with Crippen LogP contribution in [0.3, 0.4) is 0 Å². The van der Waals surface area contributed by atoms with Crippen molar-refractivity contribution < 1.29 is 9.53 Å². The highest BCUT2D eigenvalue weighted by molar-refractivity contribution is 5.83. The minimum atomic E-state index is -0.134. The maximum Gasteiger partial charge on any atom is 0.227 e. The number of hydrogen-bond acceptors (Lipinski definition) is 3. The second kappa shape index (κ2) is 7.81. The molecule has 0 aliphatic rings. The number of amides is 1. The van der Waals surface area contributed by atoms with Gasteiger partial charge < -0.3 is 15.8 Å². The first-order valence-corrected chi connectivity index (χ1v) is 5.86. The van der Waals surface area contributed by atoms with Gasteiger partial charge >= 0.3 is 0 Å². The summed E-state index contributed by atoms with van der Waals surface area (Å²) in [5.74, 6) is -0.113. The van der Waals surface area contributed by atoms with Gasteiger partial charge in [0.1, 0.15) is 0 Å². The normalized spacial score (nSPS) is 12.1. The van der Waals surface area contributed by atoms with Gasteiger partial charge in [0.15, 0.2) is 0 Å². The molecule has 0 heterocycles. The second-order valence-electron chi connectivity index (χ2n) is 3.82. The van der Waals surface area contributed by atoms with Gasteiger partial charge in [-0.15, -0.1) is 0 Å². The van der Waals surface area contributed by atoms with E-state index in [4.69, 9.17) is 10.5 Å². The van der Waals surface area contributed by atoms with Crippen LogP contribution >= 0.6 is 0 Å². The SMILES string of the molecule is CC(C(=O)NCCOCCN)c1ccccc1. The van der Waals surface area contributed by atoms with E-state index in [9.17, 15) is 4.79 Å². The molecule has 0 fully saturated rings. The summed E-state index contributed by atoms with van der Waals surface area (Å²) in [6.45, 7) is 3.96. The van der Waals surface area contributed by atoms with E-state index < -0.39 is 0 Å². The van der Waals surface area contributed by atoms with Crippen LogP contribution in [0, 0.1) is 0 Å². The first-order chi connectivity index (χ1) is 8.25. The highest BCUT2D eigenvalue weighted by Crippen LogP contribution is 2.13. The van der Waals surface area contributed by atoms with E-state index in [0.717, 1.165) is 5.56 Å². The first kappa shape index (κ1) is 13.7. The molecule has 0 aliphatic heterocycles. The summed E-state index contributed by atoms with van der Waals surface area (Å²) in [4.78, 5) is 11.8. The lowest BCUT2D eigenvalue weighted by Crippen LogP contribution is -2.31. The average molecular weight is 236 g/mol. The molecule has 1 aromatic carbocycles. The quantitative estimate of drug-likeness (QED) is 0.691. The van der Waals surface area contributed by atoms with Crippen molar-refractivity contribution in [3.63, 3.8) is 0 Å². The summed E-state index contributed by atoms with van der Waals surface area (Å²) in [5.41, 5.74) is 6.30. The molecule has 0 bridgehead atoms. The van der Waals surface area contributed by atoms with Crippen LogP contribution in [0.2, 0.25) is 0 Å². The lowest BCUT2D eigenvalue weighted by Gasteiger charge is -2.12. The molecule has 1 rings (SSSR count). The lowest BCUT2D eigenvalue weighted by atomic mass is 10.0. The van der Waals surface area contributed by atoms with Crippen LogP contribution in [-0.4, -0.2) is 32.2 Å². The van der Waals surface area contributed by atoms with Crippen LogP contribution in [-0.2, 0) is 9.53 Å². The molecule has 0 spiro atoms. The molecule has 94 valence electrons. The summed E-state index contributed by atoms with van der Waals surface area (Å²) in [6, 6.07) is 9.71. The van der Waals surface area contributed by atoms with Crippen LogP contribution in [0.25, 0.3) is 0 Å². The van der Waals surface area contributed by atoms with E-state index in [1.807, 2.05) is 37.3 Å². The van der Waals surface area contributed by atoms with E-state index in [1.165, 1.54) is 0 Å². The smallest absolute Gasteiger partial charge is 0.227 e. The molecular formula is C13H20N2O2.